The van der Waals surface area contributed by atoms with Crippen molar-refractivity contribution >= 4 is 16.9 Å². The summed E-state index contributed by atoms with van der Waals surface area (Å²) >= 11 is 1.74. The number of amidine groups is 1. The quantitative estimate of drug-likeness (QED) is 0.893. The van der Waals surface area contributed by atoms with Gasteiger partial charge in [-0.1, -0.05) is 30.8 Å². The molecule has 1 saturated heterocycles. The molecule has 1 aliphatic heterocycles. The zero-order valence-corrected chi connectivity index (χ0v) is 11.0. The lowest BCUT2D eigenvalue weighted by molar-refractivity contribution is 0.466. The number of nitrogens with one attached hydrogen (secondary N) is 1. The number of benzene rings is 1. The molecule has 2 rings (SSSR count). The highest BCUT2D eigenvalue weighted by atomic mass is 32.2. The second-order valence-electron chi connectivity index (χ2n) is 4.58. The summed E-state index contributed by atoms with van der Waals surface area (Å²) in [5.41, 5.74) is 1.07. The fourth-order valence-electron chi connectivity index (χ4n) is 1.63. The number of hydrogen-bond acceptors (Lipinski definition) is 2. The van der Waals surface area contributed by atoms with Crippen molar-refractivity contribution in [3.05, 3.63) is 35.6 Å². The Balaban J connectivity index is 1.98. The third-order valence-corrected chi connectivity index (χ3v) is 4.30. The Morgan fingerprint density at radius 3 is 3.00 bits per heavy atom. The van der Waals surface area contributed by atoms with E-state index in [1.807, 2.05) is 6.07 Å². The topological polar surface area (TPSA) is 24.4 Å². The molecule has 0 amide bonds. The van der Waals surface area contributed by atoms with Crippen LogP contribution in [-0.4, -0.2) is 16.5 Å². The Bertz CT molecular complexity index is 433. The van der Waals surface area contributed by atoms with Gasteiger partial charge in [0.1, 0.15) is 5.82 Å². The summed E-state index contributed by atoms with van der Waals surface area (Å²) in [6.45, 7) is 4.90. The Morgan fingerprint density at radius 2 is 2.35 bits per heavy atom. The summed E-state index contributed by atoms with van der Waals surface area (Å²) < 4.78 is 13.0. The molecule has 2 nitrogen and oxygen atoms in total. The molecule has 1 aromatic rings. The van der Waals surface area contributed by atoms with Gasteiger partial charge >= 0.3 is 0 Å². The number of thioether (sulfide) groups is 1. The fraction of sp³-hybridized carbons (Fsp3) is 0.462. The summed E-state index contributed by atoms with van der Waals surface area (Å²) in [7, 11) is 0. The summed E-state index contributed by atoms with van der Waals surface area (Å²) in [5.74, 6) is 0.846. The first-order valence-corrected chi connectivity index (χ1v) is 6.80. The van der Waals surface area contributed by atoms with Crippen LogP contribution in [0.2, 0.25) is 0 Å². The van der Waals surface area contributed by atoms with Crippen molar-refractivity contribution in [1.82, 2.24) is 5.32 Å². The molecule has 1 N–H and O–H groups in total. The highest BCUT2D eigenvalue weighted by molar-refractivity contribution is 8.14. The molecule has 1 atom stereocenters. The van der Waals surface area contributed by atoms with E-state index in [4.69, 9.17) is 0 Å². The summed E-state index contributed by atoms with van der Waals surface area (Å²) in [4.78, 5) is 4.48. The van der Waals surface area contributed by atoms with E-state index in [0.717, 1.165) is 22.9 Å². The number of hydrogen-bond donors (Lipinski definition) is 1. The van der Waals surface area contributed by atoms with Gasteiger partial charge in [0.2, 0.25) is 0 Å². The second kappa shape index (κ2) is 5.08. The van der Waals surface area contributed by atoms with E-state index in [-0.39, 0.29) is 11.4 Å². The zero-order valence-electron chi connectivity index (χ0n) is 10.2. The maximum Gasteiger partial charge on any atom is 0.157 e. The molecule has 0 radical (unpaired) electrons. The molecule has 1 fully saturated rings. The van der Waals surface area contributed by atoms with E-state index in [0.29, 0.717) is 6.54 Å². The van der Waals surface area contributed by atoms with Crippen LogP contribution in [0.3, 0.4) is 0 Å². The lowest BCUT2D eigenvalue weighted by Crippen LogP contribution is -2.39. The molecule has 92 valence electrons. The van der Waals surface area contributed by atoms with Crippen molar-refractivity contribution in [3.63, 3.8) is 0 Å². The van der Waals surface area contributed by atoms with Gasteiger partial charge in [-0.05, 0) is 31.0 Å². The number of aliphatic imine (C=N–C) groups is 1. The molecule has 0 spiro atoms. The average Bonchev–Trinajstić information content (AvgIpc) is 2.70. The van der Waals surface area contributed by atoms with Gasteiger partial charge < -0.3 is 5.32 Å². The van der Waals surface area contributed by atoms with Gasteiger partial charge in [0.05, 0.1) is 6.54 Å². The largest absolute Gasteiger partial charge is 0.359 e. The smallest absolute Gasteiger partial charge is 0.157 e. The molecular weight excluding hydrogens is 235 g/mol. The first-order chi connectivity index (χ1) is 8.11. The third kappa shape index (κ3) is 3.22. The van der Waals surface area contributed by atoms with E-state index in [9.17, 15) is 4.39 Å². The van der Waals surface area contributed by atoms with Gasteiger partial charge in [0.25, 0.3) is 0 Å². The van der Waals surface area contributed by atoms with Gasteiger partial charge in [-0.3, -0.25) is 4.99 Å². The molecule has 1 aromatic carbocycles. The van der Waals surface area contributed by atoms with Crippen LogP contribution in [0.4, 0.5) is 4.39 Å². The molecule has 1 unspecified atom stereocenters. The van der Waals surface area contributed by atoms with Crippen LogP contribution in [0, 0.1) is 5.82 Å². The third-order valence-electron chi connectivity index (χ3n) is 3.01. The van der Waals surface area contributed by atoms with Gasteiger partial charge in [-0.2, -0.15) is 0 Å². The van der Waals surface area contributed by atoms with Crippen molar-refractivity contribution < 1.29 is 4.39 Å². The summed E-state index contributed by atoms with van der Waals surface area (Å²) in [6, 6.07) is 6.60. The lowest BCUT2D eigenvalue weighted by Gasteiger charge is -2.20. The monoisotopic (exact) mass is 252 g/mol. The Kier molecular flexibility index (Phi) is 3.72. The maximum absolute atomic E-state index is 13.0. The van der Waals surface area contributed by atoms with Crippen LogP contribution in [0.25, 0.3) is 0 Å². The summed E-state index contributed by atoms with van der Waals surface area (Å²) in [6.07, 6.45) is 1.08. The van der Waals surface area contributed by atoms with Crippen LogP contribution in [0.1, 0.15) is 25.8 Å². The van der Waals surface area contributed by atoms with Crippen LogP contribution in [-0.2, 0) is 6.54 Å². The Labute approximate surface area is 106 Å². The van der Waals surface area contributed by atoms with Gasteiger partial charge in [-0.15, -0.1) is 0 Å². The Hall–Kier alpha value is -1.03. The average molecular weight is 252 g/mol. The predicted octanol–water partition coefficient (Wildman–Crippen LogP) is 3.19. The van der Waals surface area contributed by atoms with Gasteiger partial charge in [0, 0.05) is 11.3 Å². The molecule has 4 heteroatoms. The minimum atomic E-state index is -0.201. The summed E-state index contributed by atoms with van der Waals surface area (Å²) in [5, 5.41) is 4.39. The highest BCUT2D eigenvalue weighted by Gasteiger charge is 2.30. The van der Waals surface area contributed by atoms with E-state index in [1.165, 1.54) is 12.1 Å². The molecule has 1 aliphatic rings. The van der Waals surface area contributed by atoms with Gasteiger partial charge in [-0.25, -0.2) is 4.39 Å². The van der Waals surface area contributed by atoms with E-state index in [2.05, 4.69) is 24.2 Å². The fourth-order valence-corrected chi connectivity index (χ4v) is 2.84. The molecule has 0 bridgehead atoms. The predicted molar refractivity (Wildman–Crippen MR) is 71.8 cm³/mol. The molecule has 1 heterocycles. The van der Waals surface area contributed by atoms with Crippen molar-refractivity contribution in [2.75, 3.05) is 5.75 Å². The van der Waals surface area contributed by atoms with Crippen LogP contribution < -0.4 is 5.32 Å². The zero-order chi connectivity index (χ0) is 12.3. The first kappa shape index (κ1) is 12.4. The van der Waals surface area contributed by atoms with Crippen molar-refractivity contribution in [2.24, 2.45) is 4.99 Å². The second-order valence-corrected chi connectivity index (χ2v) is 5.54. The normalized spacial score (nSPS) is 26.2. The number of rotatable bonds is 3. The Morgan fingerprint density at radius 1 is 1.53 bits per heavy atom. The van der Waals surface area contributed by atoms with E-state index in [1.54, 1.807) is 17.8 Å². The van der Waals surface area contributed by atoms with Crippen molar-refractivity contribution in [2.45, 2.75) is 32.4 Å². The first-order valence-electron chi connectivity index (χ1n) is 5.81. The van der Waals surface area contributed by atoms with Crippen molar-refractivity contribution in [3.8, 4) is 0 Å². The molecular formula is C13H17FN2S. The highest BCUT2D eigenvalue weighted by Crippen LogP contribution is 2.25. The molecule has 0 aromatic heterocycles. The van der Waals surface area contributed by atoms with Crippen LogP contribution >= 0.6 is 11.8 Å². The lowest BCUT2D eigenvalue weighted by atomic mass is 10.0. The number of halogens is 1. The minimum Gasteiger partial charge on any atom is -0.359 e. The van der Waals surface area contributed by atoms with Gasteiger partial charge in [0.15, 0.2) is 5.17 Å². The molecule has 0 saturated carbocycles. The van der Waals surface area contributed by atoms with E-state index < -0.39 is 0 Å². The SMILES string of the molecule is CCC1(C)CSC(=NCc2cccc(F)c2)N1. The standard InChI is InChI=1S/C13H17FN2S/c1-3-13(2)9-17-12(16-13)15-8-10-5-4-6-11(14)7-10/h4-7H,3,8-9H2,1-2H3,(H,15,16). The maximum atomic E-state index is 13.0. The minimum absolute atomic E-state index is 0.158. The number of nitrogens with zero attached hydrogens (tertiary/aromatic N) is 1. The van der Waals surface area contributed by atoms with Crippen LogP contribution in [0.5, 0.6) is 0 Å². The molecule has 0 aliphatic carbocycles. The van der Waals surface area contributed by atoms with E-state index >= 15 is 0 Å². The molecule has 17 heavy (non-hydrogen) atoms. The van der Waals surface area contributed by atoms with Crippen molar-refractivity contribution in [1.29, 1.82) is 0 Å². The van der Waals surface area contributed by atoms with Crippen LogP contribution in [0.15, 0.2) is 29.3 Å².